The smallest absolute Gasteiger partial charge is 0.149 e. The largest absolute Gasteiger partial charge is 0.382 e. The van der Waals surface area contributed by atoms with Gasteiger partial charge in [-0.15, -0.1) is 0 Å². The molecule has 0 unspecified atom stereocenters. The van der Waals surface area contributed by atoms with Crippen molar-refractivity contribution in [3.8, 4) is 0 Å². The Balaban J connectivity index is 2.08. The normalized spacial score (nSPS) is 16.9. The van der Waals surface area contributed by atoms with Crippen LogP contribution in [0.3, 0.4) is 0 Å². The van der Waals surface area contributed by atoms with E-state index in [0.717, 1.165) is 18.6 Å². The quantitative estimate of drug-likeness (QED) is 0.792. The average Bonchev–Trinajstić information content (AvgIpc) is 2.73. The Kier molecular flexibility index (Phi) is 2.20. The summed E-state index contributed by atoms with van der Waals surface area (Å²) in [6.45, 7) is 2.27. The van der Waals surface area contributed by atoms with Crippen molar-refractivity contribution in [1.29, 1.82) is 0 Å². The lowest BCUT2D eigenvalue weighted by Gasteiger charge is -2.29. The lowest BCUT2D eigenvalue weighted by molar-refractivity contribution is 0.571. The molecule has 4 nitrogen and oxygen atoms in total. The van der Waals surface area contributed by atoms with E-state index in [1.807, 2.05) is 12.4 Å². The maximum Gasteiger partial charge on any atom is 0.149 e. The molecule has 4 heteroatoms. The molecule has 0 aliphatic carbocycles. The molecule has 0 saturated carbocycles. The van der Waals surface area contributed by atoms with Gasteiger partial charge in [-0.2, -0.15) is 0 Å². The van der Waals surface area contributed by atoms with Gasteiger partial charge in [-0.25, -0.2) is 4.98 Å². The minimum absolute atomic E-state index is 0.610. The highest BCUT2D eigenvalue weighted by atomic mass is 15.2. The Labute approximate surface area is 94.7 Å². The van der Waals surface area contributed by atoms with Crippen LogP contribution in [-0.2, 0) is 0 Å². The maximum absolute atomic E-state index is 5.82. The number of piperidine rings is 1. The van der Waals surface area contributed by atoms with Gasteiger partial charge in [0.1, 0.15) is 18.0 Å². The van der Waals surface area contributed by atoms with Crippen LogP contribution in [0.15, 0.2) is 24.5 Å². The molecule has 0 atom stereocenters. The first-order chi connectivity index (χ1) is 7.86. The molecule has 0 radical (unpaired) electrons. The van der Waals surface area contributed by atoms with E-state index >= 15 is 0 Å². The lowest BCUT2D eigenvalue weighted by Crippen LogP contribution is -2.30. The van der Waals surface area contributed by atoms with E-state index < -0.39 is 0 Å². The summed E-state index contributed by atoms with van der Waals surface area (Å²) in [5.74, 6) is 1.82. The van der Waals surface area contributed by atoms with Crippen LogP contribution in [0.4, 0.5) is 11.6 Å². The van der Waals surface area contributed by atoms with Crippen molar-refractivity contribution in [2.45, 2.75) is 19.3 Å². The molecule has 2 N–H and O–H groups in total. The van der Waals surface area contributed by atoms with Gasteiger partial charge in [0.05, 0.1) is 5.52 Å². The number of hydrogen-bond acceptors (Lipinski definition) is 3. The Morgan fingerprint density at radius 1 is 1.12 bits per heavy atom. The Morgan fingerprint density at radius 2 is 1.94 bits per heavy atom. The fraction of sp³-hybridized carbons (Fsp3) is 0.417. The number of hydrogen-bond donors (Lipinski definition) is 1. The molecule has 0 bridgehead atoms. The second-order valence-electron chi connectivity index (χ2n) is 4.32. The Hall–Kier alpha value is -1.71. The fourth-order valence-corrected chi connectivity index (χ4v) is 2.41. The number of nitrogens with two attached hydrogens (primary N) is 1. The molecule has 0 aromatic carbocycles. The molecule has 16 heavy (non-hydrogen) atoms. The molecule has 1 aliphatic rings. The number of aromatic nitrogens is 2. The SMILES string of the molecule is Nc1ncn2c(N3CCCCC3)cccc12. The van der Waals surface area contributed by atoms with Gasteiger partial charge in [0.2, 0.25) is 0 Å². The second kappa shape index (κ2) is 3.70. The fourth-order valence-electron chi connectivity index (χ4n) is 2.41. The van der Waals surface area contributed by atoms with Gasteiger partial charge in [0.25, 0.3) is 0 Å². The number of pyridine rings is 1. The topological polar surface area (TPSA) is 46.6 Å². The summed E-state index contributed by atoms with van der Waals surface area (Å²) in [6, 6.07) is 6.20. The summed E-state index contributed by atoms with van der Waals surface area (Å²) < 4.78 is 2.08. The summed E-state index contributed by atoms with van der Waals surface area (Å²) >= 11 is 0. The molecule has 1 saturated heterocycles. The molecule has 1 aliphatic heterocycles. The molecule has 0 spiro atoms. The molecule has 0 amide bonds. The van der Waals surface area contributed by atoms with Gasteiger partial charge in [0, 0.05) is 13.1 Å². The first kappa shape index (κ1) is 9.51. The van der Waals surface area contributed by atoms with E-state index in [1.165, 1.54) is 25.1 Å². The molecule has 2 aromatic heterocycles. The average molecular weight is 216 g/mol. The number of fused-ring (bicyclic) bond motifs is 1. The first-order valence-electron chi connectivity index (χ1n) is 5.83. The van der Waals surface area contributed by atoms with E-state index in [0.29, 0.717) is 5.82 Å². The summed E-state index contributed by atoms with van der Waals surface area (Å²) in [4.78, 5) is 6.58. The van der Waals surface area contributed by atoms with Crippen molar-refractivity contribution in [2.75, 3.05) is 23.7 Å². The molecule has 2 aromatic rings. The van der Waals surface area contributed by atoms with E-state index in [9.17, 15) is 0 Å². The third-order valence-corrected chi connectivity index (χ3v) is 3.26. The lowest BCUT2D eigenvalue weighted by atomic mass is 10.1. The number of anilines is 2. The van der Waals surface area contributed by atoms with Crippen molar-refractivity contribution in [3.63, 3.8) is 0 Å². The van der Waals surface area contributed by atoms with Gasteiger partial charge in [-0.3, -0.25) is 4.40 Å². The van der Waals surface area contributed by atoms with Crippen LogP contribution in [0, 0.1) is 0 Å². The molecular weight excluding hydrogens is 200 g/mol. The van der Waals surface area contributed by atoms with Crippen molar-refractivity contribution in [2.24, 2.45) is 0 Å². The highest BCUT2D eigenvalue weighted by Crippen LogP contribution is 2.23. The predicted molar refractivity (Wildman–Crippen MR) is 65.7 cm³/mol. The van der Waals surface area contributed by atoms with Crippen LogP contribution in [0.1, 0.15) is 19.3 Å². The minimum atomic E-state index is 0.610. The number of imidazole rings is 1. The standard InChI is InChI=1S/C12H16N4/c13-12-10-5-4-6-11(16(10)9-14-12)15-7-2-1-3-8-15/h4-6,9H,1-3,7-8,13H2. The summed E-state index contributed by atoms with van der Waals surface area (Å²) in [5.41, 5.74) is 6.83. The van der Waals surface area contributed by atoms with Crippen LogP contribution in [-0.4, -0.2) is 22.5 Å². The molecular formula is C12H16N4. The van der Waals surface area contributed by atoms with E-state index in [-0.39, 0.29) is 0 Å². The van der Waals surface area contributed by atoms with Gasteiger partial charge in [-0.05, 0) is 31.4 Å². The highest BCUT2D eigenvalue weighted by Gasteiger charge is 2.14. The summed E-state index contributed by atoms with van der Waals surface area (Å²) in [5, 5.41) is 0. The van der Waals surface area contributed by atoms with Gasteiger partial charge in [0.15, 0.2) is 0 Å². The Bertz CT molecular complexity index is 497. The first-order valence-corrected chi connectivity index (χ1v) is 5.83. The molecule has 3 heterocycles. The highest BCUT2D eigenvalue weighted by molar-refractivity contribution is 5.69. The molecule has 84 valence electrons. The zero-order valence-electron chi connectivity index (χ0n) is 9.26. The van der Waals surface area contributed by atoms with Crippen molar-refractivity contribution in [3.05, 3.63) is 24.5 Å². The maximum atomic E-state index is 5.82. The van der Waals surface area contributed by atoms with Gasteiger partial charge < -0.3 is 10.6 Å². The van der Waals surface area contributed by atoms with Crippen LogP contribution in [0.5, 0.6) is 0 Å². The zero-order valence-corrected chi connectivity index (χ0v) is 9.26. The van der Waals surface area contributed by atoms with Crippen molar-refractivity contribution in [1.82, 2.24) is 9.38 Å². The van der Waals surface area contributed by atoms with E-state index in [1.54, 1.807) is 0 Å². The van der Waals surface area contributed by atoms with Crippen LogP contribution >= 0.6 is 0 Å². The van der Waals surface area contributed by atoms with Crippen LogP contribution in [0.2, 0.25) is 0 Å². The molecule has 3 rings (SSSR count). The summed E-state index contributed by atoms with van der Waals surface area (Å²) in [7, 11) is 0. The predicted octanol–water partition coefficient (Wildman–Crippen LogP) is 1.91. The third-order valence-electron chi connectivity index (χ3n) is 3.26. The number of nitrogen functional groups attached to an aromatic ring is 1. The van der Waals surface area contributed by atoms with Gasteiger partial charge >= 0.3 is 0 Å². The minimum Gasteiger partial charge on any atom is -0.382 e. The third kappa shape index (κ3) is 1.41. The Morgan fingerprint density at radius 3 is 2.75 bits per heavy atom. The molecule has 1 fully saturated rings. The van der Waals surface area contributed by atoms with Crippen molar-refractivity contribution >= 4 is 17.2 Å². The van der Waals surface area contributed by atoms with Gasteiger partial charge in [-0.1, -0.05) is 6.07 Å². The van der Waals surface area contributed by atoms with Crippen molar-refractivity contribution < 1.29 is 0 Å². The van der Waals surface area contributed by atoms with Crippen LogP contribution in [0.25, 0.3) is 5.52 Å². The monoisotopic (exact) mass is 216 g/mol. The zero-order chi connectivity index (χ0) is 11.0. The van der Waals surface area contributed by atoms with E-state index in [2.05, 4.69) is 26.4 Å². The summed E-state index contributed by atoms with van der Waals surface area (Å²) in [6.07, 6.45) is 5.72. The second-order valence-corrected chi connectivity index (χ2v) is 4.32. The van der Waals surface area contributed by atoms with Crippen LogP contribution < -0.4 is 10.6 Å². The number of rotatable bonds is 1. The van der Waals surface area contributed by atoms with E-state index in [4.69, 9.17) is 5.73 Å². The number of nitrogens with zero attached hydrogens (tertiary/aromatic N) is 3.